The minimum Gasteiger partial charge on any atom is -0.469 e. The number of rotatable bonds is 24. The van der Waals surface area contributed by atoms with Crippen LogP contribution in [0.15, 0.2) is 18.2 Å². The smallest absolute Gasteiger partial charge is 0.310 e. The molecule has 2 amide bonds. The van der Waals surface area contributed by atoms with Crippen molar-refractivity contribution < 1.29 is 23.9 Å². The highest BCUT2D eigenvalue weighted by Gasteiger charge is 2.34. The third kappa shape index (κ3) is 12.5. The topological polar surface area (TPSA) is 189 Å². The van der Waals surface area contributed by atoms with Crippen LogP contribution in [0.25, 0.3) is 22.1 Å². The van der Waals surface area contributed by atoms with Crippen molar-refractivity contribution in [3.05, 3.63) is 68.8 Å². The van der Waals surface area contributed by atoms with Crippen molar-refractivity contribution >= 4 is 45.6 Å². The lowest BCUT2D eigenvalue weighted by atomic mass is 9.85. The van der Waals surface area contributed by atoms with Crippen LogP contribution in [0.5, 0.6) is 0 Å². The van der Waals surface area contributed by atoms with Crippen LogP contribution in [-0.4, -0.2) is 139 Å². The van der Waals surface area contributed by atoms with Gasteiger partial charge in [-0.05, 0) is 89.1 Å². The summed E-state index contributed by atoms with van der Waals surface area (Å²) in [5, 5.41) is 13.1. The molecule has 4 atom stereocenters. The maximum atomic E-state index is 14.6. The maximum Gasteiger partial charge on any atom is 0.310 e. The summed E-state index contributed by atoms with van der Waals surface area (Å²) in [6.45, 7) is 30.1. The van der Waals surface area contributed by atoms with Crippen LogP contribution >= 0.6 is 0 Å². The number of carbonyl (C=O) groups excluding carboxylic acids is 4. The number of ketones is 1. The van der Waals surface area contributed by atoms with E-state index in [9.17, 15) is 19.2 Å². The van der Waals surface area contributed by atoms with E-state index in [0.717, 1.165) is 92.5 Å². The van der Waals surface area contributed by atoms with Crippen molar-refractivity contribution in [2.75, 3.05) is 85.6 Å². The largest absolute Gasteiger partial charge is 0.469 e. The number of esters is 1. The average Bonchev–Trinajstić information content (AvgIpc) is 3.99. The number of hydrogen-bond donors (Lipinski definition) is 6. The van der Waals surface area contributed by atoms with Gasteiger partial charge in [0, 0.05) is 122 Å². The molecule has 5 heterocycles. The summed E-state index contributed by atoms with van der Waals surface area (Å²) in [6, 6.07) is 6.02. The Hall–Kier alpha value is -4.96. The molecule has 0 saturated carbocycles. The highest BCUT2D eigenvalue weighted by atomic mass is 16.5. The molecule has 0 spiro atoms. The molecule has 2 aliphatic rings. The first-order chi connectivity index (χ1) is 31.7. The summed E-state index contributed by atoms with van der Waals surface area (Å²) in [5.41, 5.74) is 8.83. The molecular formula is C51H78N10O5. The van der Waals surface area contributed by atoms with E-state index in [1.54, 1.807) is 6.92 Å². The third-order valence-corrected chi connectivity index (χ3v) is 13.9. The molecule has 362 valence electrons. The molecule has 0 saturated heterocycles. The maximum absolute atomic E-state index is 14.6. The minimum atomic E-state index is -0.482. The van der Waals surface area contributed by atoms with E-state index in [0.29, 0.717) is 71.5 Å². The Labute approximate surface area is 392 Å². The number of Topliss-reactive ketones (excluding diaryl/α,β-unsaturated/α-hetero) is 1. The molecular weight excluding hydrogens is 833 g/mol. The number of aryl methyl sites for hydroxylation is 2. The fraction of sp³-hybridized carbons (Fsp3) is 0.608. The Morgan fingerprint density at radius 2 is 1.23 bits per heavy atom. The van der Waals surface area contributed by atoms with Gasteiger partial charge in [0.1, 0.15) is 0 Å². The predicted molar refractivity (Wildman–Crippen MR) is 265 cm³/mol. The molecule has 15 heteroatoms. The lowest BCUT2D eigenvalue weighted by molar-refractivity contribution is -0.139. The first-order valence-corrected chi connectivity index (χ1v) is 24.5. The van der Waals surface area contributed by atoms with Crippen molar-refractivity contribution in [2.45, 2.75) is 119 Å². The van der Waals surface area contributed by atoms with Gasteiger partial charge >= 0.3 is 5.97 Å². The monoisotopic (exact) mass is 911 g/mol. The Bertz CT molecular complexity index is 2330. The fourth-order valence-corrected chi connectivity index (χ4v) is 9.67. The lowest BCUT2D eigenvalue weighted by Crippen LogP contribution is -2.36. The van der Waals surface area contributed by atoms with Gasteiger partial charge in [-0.2, -0.15) is 0 Å². The van der Waals surface area contributed by atoms with E-state index >= 15 is 0 Å². The van der Waals surface area contributed by atoms with Crippen LogP contribution in [0.3, 0.4) is 0 Å². The number of aromatic amines is 2. The molecule has 8 bridgehead atoms. The SMILES string of the molecule is CC[C@H]1c2cc3[nH]c(c(CC(=O)OC)c4nc(cc5[nH]c(cc(n2)[C@@H]1C)c(C(C)=O)c5C)[C@@H](C)[C@@H]4CCC(=O)NCCNCCN(CC)CC)c(C(=O)NCCNCCN(CC)CC)c3C. The first-order valence-electron chi connectivity index (χ1n) is 24.5. The summed E-state index contributed by atoms with van der Waals surface area (Å²) in [6.07, 6.45) is 1.34. The van der Waals surface area contributed by atoms with Crippen molar-refractivity contribution in [1.82, 2.24) is 51.0 Å². The molecule has 0 aliphatic carbocycles. The number of nitrogens with zero attached hydrogens (tertiary/aromatic N) is 4. The van der Waals surface area contributed by atoms with Gasteiger partial charge in [-0.15, -0.1) is 0 Å². The van der Waals surface area contributed by atoms with E-state index in [2.05, 4.69) is 89.5 Å². The molecule has 0 aromatic carbocycles. The third-order valence-electron chi connectivity index (χ3n) is 13.9. The van der Waals surface area contributed by atoms with Gasteiger partial charge < -0.3 is 45.8 Å². The highest BCUT2D eigenvalue weighted by Crippen LogP contribution is 2.43. The zero-order valence-electron chi connectivity index (χ0n) is 41.7. The molecule has 6 N–H and O–H groups in total. The number of aromatic nitrogens is 4. The first kappa shape index (κ1) is 52.0. The Balaban J connectivity index is 1.67. The van der Waals surface area contributed by atoms with Gasteiger partial charge in [0.15, 0.2) is 5.78 Å². The molecule has 66 heavy (non-hydrogen) atoms. The van der Waals surface area contributed by atoms with E-state index in [1.165, 1.54) is 7.11 Å². The normalized spacial score (nSPS) is 17.1. The van der Waals surface area contributed by atoms with Crippen molar-refractivity contribution in [2.24, 2.45) is 0 Å². The Morgan fingerprint density at radius 3 is 1.82 bits per heavy atom. The number of ether oxygens (including phenoxy) is 1. The summed E-state index contributed by atoms with van der Waals surface area (Å²) in [5.74, 6) is -1.24. The zero-order valence-corrected chi connectivity index (χ0v) is 41.7. The number of methoxy groups -OCH3 is 1. The second-order valence-electron chi connectivity index (χ2n) is 17.9. The minimum absolute atomic E-state index is 0.0533. The van der Waals surface area contributed by atoms with Crippen LogP contribution in [0.2, 0.25) is 0 Å². The number of H-pyrrole nitrogens is 2. The van der Waals surface area contributed by atoms with Crippen LogP contribution in [0.4, 0.5) is 0 Å². The molecule has 0 fully saturated rings. The van der Waals surface area contributed by atoms with Gasteiger partial charge in [0.2, 0.25) is 5.91 Å². The number of amides is 2. The summed E-state index contributed by atoms with van der Waals surface area (Å²) >= 11 is 0. The molecule has 15 nitrogen and oxygen atoms in total. The van der Waals surface area contributed by atoms with Gasteiger partial charge in [-0.3, -0.25) is 29.1 Å². The molecule has 0 radical (unpaired) electrons. The quantitative estimate of drug-likeness (QED) is 0.0326. The molecule has 2 aliphatic heterocycles. The molecule has 3 aromatic heterocycles. The Morgan fingerprint density at radius 1 is 0.682 bits per heavy atom. The van der Waals surface area contributed by atoms with Gasteiger partial charge in [0.05, 0.1) is 35.8 Å². The van der Waals surface area contributed by atoms with Crippen LogP contribution < -0.4 is 21.3 Å². The standard InChI is InChI=1S/C51H78N10O5/c1-12-36-31(6)39-30-44-47(35(10)62)33(8)41(57-44)28-40-32(7)37(17-18-45(63)54-21-19-52-23-25-60(13-2)14-3)49(58-40)38(27-46(64)66-11)50-48(34(9)42(59-50)29-43(36)56-39)51(65)55-22-20-53-24-26-61(15-4)16-5/h28-32,36-37,52-53,57,59H,12-27H2,1-11H3,(H,54,63)(H,55,65)/t31-,32+,36-,37+/m1/s1. The predicted octanol–water partition coefficient (Wildman–Crippen LogP) is 6.52. The van der Waals surface area contributed by atoms with Crippen LogP contribution in [-0.2, 0) is 20.7 Å². The number of fused-ring (bicyclic) bond motifs is 8. The number of nitrogens with one attached hydrogen (secondary N) is 6. The van der Waals surface area contributed by atoms with Crippen LogP contribution in [0.1, 0.15) is 159 Å². The van der Waals surface area contributed by atoms with E-state index in [-0.39, 0.29) is 54.1 Å². The second kappa shape index (κ2) is 24.7. The van der Waals surface area contributed by atoms with Gasteiger partial charge in [-0.1, -0.05) is 48.5 Å². The second-order valence-corrected chi connectivity index (χ2v) is 17.9. The average molecular weight is 911 g/mol. The summed E-state index contributed by atoms with van der Waals surface area (Å²) in [4.78, 5) is 77.3. The van der Waals surface area contributed by atoms with E-state index < -0.39 is 5.97 Å². The van der Waals surface area contributed by atoms with Gasteiger partial charge in [-0.25, -0.2) is 0 Å². The molecule has 5 rings (SSSR count). The number of carbonyl (C=O) groups is 4. The van der Waals surface area contributed by atoms with Crippen LogP contribution in [0, 0.1) is 13.8 Å². The fourth-order valence-electron chi connectivity index (χ4n) is 9.67. The highest BCUT2D eigenvalue weighted by molar-refractivity contribution is 6.06. The summed E-state index contributed by atoms with van der Waals surface area (Å²) in [7, 11) is 1.36. The number of hydrogen-bond acceptors (Lipinski definition) is 11. The Kier molecular flexibility index (Phi) is 19.5. The molecule has 3 aromatic rings. The van der Waals surface area contributed by atoms with Crippen molar-refractivity contribution in [3.63, 3.8) is 0 Å². The van der Waals surface area contributed by atoms with Gasteiger partial charge in [0.25, 0.3) is 5.91 Å². The zero-order chi connectivity index (χ0) is 48.1. The van der Waals surface area contributed by atoms with E-state index in [1.807, 2.05) is 32.0 Å². The molecule has 0 unspecified atom stereocenters. The summed E-state index contributed by atoms with van der Waals surface area (Å²) < 4.78 is 5.32. The van der Waals surface area contributed by atoms with Crippen molar-refractivity contribution in [1.29, 1.82) is 0 Å². The van der Waals surface area contributed by atoms with Crippen molar-refractivity contribution in [3.8, 4) is 0 Å². The lowest BCUT2D eigenvalue weighted by Gasteiger charge is -2.19. The number of likely N-dealkylation sites (N-methyl/N-ethyl adjacent to an activating group) is 2. The van der Waals surface area contributed by atoms with E-state index in [4.69, 9.17) is 14.7 Å².